The fraction of sp³-hybridized carbons (Fsp3) is 0.556. The maximum Gasteiger partial charge on any atom is 0.249 e. The molecular weight excluding hydrogens is 140 g/mol. The molecule has 0 aromatic carbocycles. The normalized spacial score (nSPS) is 20.7. The Hall–Kier alpha value is -0.920. The van der Waals surface area contributed by atoms with Crippen LogP contribution < -0.4 is 0 Å². The summed E-state index contributed by atoms with van der Waals surface area (Å²) in [5.74, 6) is -0.441. The van der Waals surface area contributed by atoms with Crippen LogP contribution in [0.25, 0.3) is 0 Å². The molecule has 0 N–H and O–H groups in total. The highest BCUT2D eigenvalue weighted by molar-refractivity contribution is 4.81. The van der Waals surface area contributed by atoms with E-state index in [0.717, 1.165) is 25.7 Å². The molecule has 2 heteroatoms. The summed E-state index contributed by atoms with van der Waals surface area (Å²) in [6.07, 6.45) is 7.06. The van der Waals surface area contributed by atoms with Crippen molar-refractivity contribution < 1.29 is 9.47 Å². The van der Waals surface area contributed by atoms with E-state index in [9.17, 15) is 0 Å². The molecule has 0 amide bonds. The summed E-state index contributed by atoms with van der Waals surface area (Å²) in [7, 11) is 0. The Bertz CT molecular complexity index is 134. The van der Waals surface area contributed by atoms with Gasteiger partial charge in [0, 0.05) is 12.8 Å². The van der Waals surface area contributed by atoms with Gasteiger partial charge in [0.05, 0.1) is 12.5 Å². The van der Waals surface area contributed by atoms with E-state index in [1.165, 1.54) is 12.5 Å². The van der Waals surface area contributed by atoms with Gasteiger partial charge in [-0.1, -0.05) is 13.2 Å². The minimum absolute atomic E-state index is 0.441. The summed E-state index contributed by atoms with van der Waals surface area (Å²) >= 11 is 0. The Kier molecular flexibility index (Phi) is 2.58. The molecule has 1 aliphatic carbocycles. The summed E-state index contributed by atoms with van der Waals surface area (Å²) in [6, 6.07) is 0. The molecule has 0 aromatic rings. The molecule has 0 aromatic heterocycles. The standard InChI is InChI=1S/C9H14O2/c1-3-10-9(11-4-2)7-5-6-8-9/h3-4H,1-2,5-8H2. The molecule has 0 saturated heterocycles. The van der Waals surface area contributed by atoms with Crippen LogP contribution in [-0.2, 0) is 9.47 Å². The third-order valence-corrected chi connectivity index (χ3v) is 1.96. The topological polar surface area (TPSA) is 18.5 Å². The lowest BCUT2D eigenvalue weighted by atomic mass is 10.2. The van der Waals surface area contributed by atoms with Crippen LogP contribution in [0, 0.1) is 0 Å². The Labute approximate surface area is 67.5 Å². The maximum atomic E-state index is 5.30. The zero-order chi connectivity index (χ0) is 8.16. The number of rotatable bonds is 4. The van der Waals surface area contributed by atoms with E-state index in [2.05, 4.69) is 13.2 Å². The highest BCUT2D eigenvalue weighted by atomic mass is 16.7. The minimum Gasteiger partial charge on any atom is -0.461 e. The summed E-state index contributed by atoms with van der Waals surface area (Å²) in [4.78, 5) is 0. The predicted molar refractivity (Wildman–Crippen MR) is 43.8 cm³/mol. The number of ether oxygens (including phenoxy) is 2. The predicted octanol–water partition coefficient (Wildman–Crippen LogP) is 2.58. The van der Waals surface area contributed by atoms with Crippen molar-refractivity contribution in [1.29, 1.82) is 0 Å². The summed E-state index contributed by atoms with van der Waals surface area (Å²) in [5, 5.41) is 0. The molecule has 62 valence electrons. The monoisotopic (exact) mass is 154 g/mol. The smallest absolute Gasteiger partial charge is 0.249 e. The molecule has 0 radical (unpaired) electrons. The van der Waals surface area contributed by atoms with Crippen molar-refractivity contribution in [3.8, 4) is 0 Å². The second kappa shape index (κ2) is 3.46. The molecular formula is C9H14O2. The van der Waals surface area contributed by atoms with Gasteiger partial charge in [0.1, 0.15) is 0 Å². The van der Waals surface area contributed by atoms with Gasteiger partial charge in [0.2, 0.25) is 5.79 Å². The Morgan fingerprint density at radius 2 is 1.45 bits per heavy atom. The largest absolute Gasteiger partial charge is 0.461 e. The lowest BCUT2D eigenvalue weighted by Gasteiger charge is -2.26. The van der Waals surface area contributed by atoms with Crippen LogP contribution in [0.1, 0.15) is 25.7 Å². The average molecular weight is 154 g/mol. The third-order valence-electron chi connectivity index (χ3n) is 1.96. The van der Waals surface area contributed by atoms with E-state index in [0.29, 0.717) is 0 Å². The van der Waals surface area contributed by atoms with Gasteiger partial charge in [-0.05, 0) is 12.8 Å². The quantitative estimate of drug-likeness (QED) is 0.457. The van der Waals surface area contributed by atoms with Gasteiger partial charge in [0.15, 0.2) is 0 Å². The molecule has 11 heavy (non-hydrogen) atoms. The van der Waals surface area contributed by atoms with Crippen molar-refractivity contribution in [3.05, 3.63) is 25.7 Å². The number of hydrogen-bond donors (Lipinski definition) is 0. The molecule has 1 aliphatic rings. The van der Waals surface area contributed by atoms with Crippen molar-refractivity contribution in [2.24, 2.45) is 0 Å². The van der Waals surface area contributed by atoms with Crippen molar-refractivity contribution >= 4 is 0 Å². The fourth-order valence-electron chi connectivity index (χ4n) is 1.48. The van der Waals surface area contributed by atoms with Crippen LogP contribution in [0.5, 0.6) is 0 Å². The highest BCUT2D eigenvalue weighted by Gasteiger charge is 2.36. The summed E-state index contributed by atoms with van der Waals surface area (Å²) in [5.41, 5.74) is 0. The van der Waals surface area contributed by atoms with Crippen LogP contribution in [0.4, 0.5) is 0 Å². The van der Waals surface area contributed by atoms with Crippen molar-refractivity contribution in [2.45, 2.75) is 31.5 Å². The van der Waals surface area contributed by atoms with E-state index in [1.54, 1.807) is 0 Å². The third kappa shape index (κ3) is 1.76. The van der Waals surface area contributed by atoms with E-state index in [-0.39, 0.29) is 0 Å². The molecule has 1 rings (SSSR count). The first-order valence-electron chi connectivity index (χ1n) is 3.90. The zero-order valence-electron chi connectivity index (χ0n) is 6.71. The molecule has 0 aliphatic heterocycles. The van der Waals surface area contributed by atoms with Gasteiger partial charge in [-0.15, -0.1) is 0 Å². The molecule has 1 fully saturated rings. The maximum absolute atomic E-state index is 5.30. The Balaban J connectivity index is 2.53. The molecule has 0 unspecified atom stereocenters. The first kappa shape index (κ1) is 8.18. The second-order valence-corrected chi connectivity index (χ2v) is 2.69. The van der Waals surface area contributed by atoms with Gasteiger partial charge >= 0.3 is 0 Å². The average Bonchev–Trinajstić information content (AvgIpc) is 2.39. The SMILES string of the molecule is C=COC1(OC=C)CCCC1. The van der Waals surface area contributed by atoms with Crippen molar-refractivity contribution in [2.75, 3.05) is 0 Å². The van der Waals surface area contributed by atoms with E-state index in [4.69, 9.17) is 9.47 Å². The Morgan fingerprint density at radius 3 is 1.82 bits per heavy atom. The minimum atomic E-state index is -0.441. The molecule has 0 atom stereocenters. The zero-order valence-corrected chi connectivity index (χ0v) is 6.71. The summed E-state index contributed by atoms with van der Waals surface area (Å²) in [6.45, 7) is 7.03. The molecule has 0 heterocycles. The van der Waals surface area contributed by atoms with E-state index >= 15 is 0 Å². The molecule has 1 saturated carbocycles. The van der Waals surface area contributed by atoms with Crippen LogP contribution in [0.2, 0.25) is 0 Å². The molecule has 0 bridgehead atoms. The van der Waals surface area contributed by atoms with Gasteiger partial charge in [0.25, 0.3) is 0 Å². The second-order valence-electron chi connectivity index (χ2n) is 2.69. The number of hydrogen-bond acceptors (Lipinski definition) is 2. The highest BCUT2D eigenvalue weighted by Crippen LogP contribution is 2.34. The lowest BCUT2D eigenvalue weighted by Crippen LogP contribution is -2.28. The van der Waals surface area contributed by atoms with Gasteiger partial charge in [-0.3, -0.25) is 0 Å². The Morgan fingerprint density at radius 1 is 1.00 bits per heavy atom. The van der Waals surface area contributed by atoms with Crippen LogP contribution in [0.3, 0.4) is 0 Å². The van der Waals surface area contributed by atoms with Crippen LogP contribution >= 0.6 is 0 Å². The lowest BCUT2D eigenvalue weighted by molar-refractivity contribution is -0.165. The van der Waals surface area contributed by atoms with Crippen LogP contribution in [0.15, 0.2) is 25.7 Å². The van der Waals surface area contributed by atoms with E-state index < -0.39 is 5.79 Å². The first-order valence-corrected chi connectivity index (χ1v) is 3.90. The van der Waals surface area contributed by atoms with Gasteiger partial charge in [-0.2, -0.15) is 0 Å². The first-order chi connectivity index (χ1) is 5.33. The van der Waals surface area contributed by atoms with Crippen molar-refractivity contribution in [1.82, 2.24) is 0 Å². The molecule has 0 spiro atoms. The molecule has 2 nitrogen and oxygen atoms in total. The fourth-order valence-corrected chi connectivity index (χ4v) is 1.48. The van der Waals surface area contributed by atoms with E-state index in [1.807, 2.05) is 0 Å². The van der Waals surface area contributed by atoms with Crippen molar-refractivity contribution in [3.63, 3.8) is 0 Å². The van der Waals surface area contributed by atoms with Gasteiger partial charge in [-0.25, -0.2) is 0 Å². The van der Waals surface area contributed by atoms with Crippen LogP contribution in [-0.4, -0.2) is 5.79 Å². The summed E-state index contributed by atoms with van der Waals surface area (Å²) < 4.78 is 10.6. The van der Waals surface area contributed by atoms with Gasteiger partial charge < -0.3 is 9.47 Å².